The molecule has 0 aliphatic rings. The Labute approximate surface area is 127 Å². The maximum Gasteiger partial charge on any atom is 0.251 e. The third kappa shape index (κ3) is 3.65. The monoisotopic (exact) mass is 327 g/mol. The summed E-state index contributed by atoms with van der Waals surface area (Å²) in [5.41, 5.74) is 0.221. The number of amides is 1. The maximum atomic E-state index is 12.2. The average Bonchev–Trinajstić information content (AvgIpc) is 2.91. The molecular weight excluding hydrogens is 314 g/mol. The minimum Gasteiger partial charge on any atom is -0.467 e. The molecule has 21 heavy (non-hydrogen) atoms. The van der Waals surface area contributed by atoms with Crippen molar-refractivity contribution in [2.24, 2.45) is 0 Å². The largest absolute Gasteiger partial charge is 0.467 e. The Morgan fingerprint density at radius 1 is 1.33 bits per heavy atom. The first-order valence-corrected chi connectivity index (χ1v) is 8.40. The van der Waals surface area contributed by atoms with E-state index in [0.717, 1.165) is 6.26 Å². The lowest BCUT2D eigenvalue weighted by Crippen LogP contribution is -2.26. The van der Waals surface area contributed by atoms with E-state index in [1.54, 1.807) is 19.1 Å². The van der Waals surface area contributed by atoms with E-state index in [1.165, 1.54) is 24.5 Å². The summed E-state index contributed by atoms with van der Waals surface area (Å²) in [5, 5.41) is 2.82. The van der Waals surface area contributed by atoms with Gasteiger partial charge in [-0.3, -0.25) is 4.79 Å². The van der Waals surface area contributed by atoms with Crippen LogP contribution in [0, 0.1) is 0 Å². The Kier molecular flexibility index (Phi) is 4.39. The predicted octanol–water partition coefficient (Wildman–Crippen LogP) is 2.83. The van der Waals surface area contributed by atoms with Crippen LogP contribution in [0.1, 0.15) is 29.1 Å². The Bertz CT molecular complexity index is 753. The molecule has 0 aliphatic carbocycles. The molecule has 0 spiro atoms. The standard InChI is InChI=1S/C14H14ClNO4S/c1-9(12-4-3-7-20-12)16-14(17)10-5-6-11(15)13(8-10)21(2,18)19/h3-9H,1-2H3,(H,16,17)/t9-/m0/s1. The first-order valence-electron chi connectivity index (χ1n) is 6.13. The summed E-state index contributed by atoms with van der Waals surface area (Å²) in [6, 6.07) is 7.27. The van der Waals surface area contributed by atoms with E-state index in [9.17, 15) is 13.2 Å². The van der Waals surface area contributed by atoms with Crippen molar-refractivity contribution in [3.05, 3.63) is 52.9 Å². The van der Waals surface area contributed by atoms with Gasteiger partial charge in [0.25, 0.3) is 5.91 Å². The minimum atomic E-state index is -3.49. The van der Waals surface area contributed by atoms with Crippen molar-refractivity contribution in [2.45, 2.75) is 17.9 Å². The van der Waals surface area contributed by atoms with Gasteiger partial charge in [-0.05, 0) is 37.3 Å². The number of carbonyl (C=O) groups is 1. The van der Waals surface area contributed by atoms with Crippen molar-refractivity contribution in [2.75, 3.05) is 6.26 Å². The van der Waals surface area contributed by atoms with Crippen LogP contribution >= 0.6 is 11.6 Å². The zero-order valence-corrected chi connectivity index (χ0v) is 13.0. The lowest BCUT2D eigenvalue weighted by Gasteiger charge is -2.12. The summed E-state index contributed by atoms with van der Waals surface area (Å²) in [6.07, 6.45) is 2.56. The van der Waals surface area contributed by atoms with E-state index < -0.39 is 15.7 Å². The molecule has 1 heterocycles. The highest BCUT2D eigenvalue weighted by Crippen LogP contribution is 2.23. The van der Waals surface area contributed by atoms with Crippen LogP contribution in [-0.4, -0.2) is 20.6 Å². The van der Waals surface area contributed by atoms with Gasteiger partial charge in [-0.1, -0.05) is 11.6 Å². The number of furan rings is 1. The van der Waals surface area contributed by atoms with E-state index in [4.69, 9.17) is 16.0 Å². The van der Waals surface area contributed by atoms with Crippen LogP contribution in [0.5, 0.6) is 0 Å². The number of hydrogen-bond donors (Lipinski definition) is 1. The van der Waals surface area contributed by atoms with Crippen molar-refractivity contribution < 1.29 is 17.6 Å². The fourth-order valence-corrected chi connectivity index (χ4v) is 3.12. The van der Waals surface area contributed by atoms with Crippen molar-refractivity contribution in [3.63, 3.8) is 0 Å². The zero-order chi connectivity index (χ0) is 15.6. The van der Waals surface area contributed by atoms with Crippen LogP contribution in [0.2, 0.25) is 5.02 Å². The van der Waals surface area contributed by atoms with Gasteiger partial charge in [0.1, 0.15) is 5.76 Å². The Morgan fingerprint density at radius 3 is 2.62 bits per heavy atom. The molecule has 1 amide bonds. The summed E-state index contributed by atoms with van der Waals surface area (Å²) in [4.78, 5) is 12.1. The molecule has 0 unspecified atom stereocenters. The van der Waals surface area contributed by atoms with Crippen molar-refractivity contribution in [1.29, 1.82) is 0 Å². The first-order chi connectivity index (χ1) is 9.79. The summed E-state index contributed by atoms with van der Waals surface area (Å²) < 4.78 is 28.4. The van der Waals surface area contributed by atoms with E-state index >= 15 is 0 Å². The number of halogens is 1. The molecule has 1 N–H and O–H groups in total. The molecule has 5 nitrogen and oxygen atoms in total. The molecule has 1 atom stereocenters. The Hall–Kier alpha value is -1.79. The second kappa shape index (κ2) is 5.91. The average molecular weight is 328 g/mol. The Morgan fingerprint density at radius 2 is 2.05 bits per heavy atom. The fraction of sp³-hybridized carbons (Fsp3) is 0.214. The molecular formula is C14H14ClNO4S. The molecule has 0 aliphatic heterocycles. The van der Waals surface area contributed by atoms with E-state index in [-0.39, 0.29) is 21.5 Å². The summed E-state index contributed by atoms with van der Waals surface area (Å²) in [7, 11) is -3.49. The molecule has 112 valence electrons. The summed E-state index contributed by atoms with van der Waals surface area (Å²) in [6.45, 7) is 1.77. The number of rotatable bonds is 4. The van der Waals surface area contributed by atoms with Crippen LogP contribution < -0.4 is 5.32 Å². The highest BCUT2D eigenvalue weighted by molar-refractivity contribution is 7.90. The molecule has 0 radical (unpaired) electrons. The topological polar surface area (TPSA) is 76.4 Å². The van der Waals surface area contributed by atoms with Crippen molar-refractivity contribution >= 4 is 27.3 Å². The lowest BCUT2D eigenvalue weighted by atomic mass is 10.2. The van der Waals surface area contributed by atoms with Gasteiger partial charge in [0, 0.05) is 11.8 Å². The highest BCUT2D eigenvalue weighted by Gasteiger charge is 2.18. The van der Waals surface area contributed by atoms with Gasteiger partial charge in [0.05, 0.1) is 22.2 Å². The second-order valence-corrected chi connectivity index (χ2v) is 7.02. The predicted molar refractivity (Wildman–Crippen MR) is 79.2 cm³/mol. The molecule has 0 bridgehead atoms. The molecule has 7 heteroatoms. The van der Waals surface area contributed by atoms with Crippen LogP contribution in [0.4, 0.5) is 0 Å². The van der Waals surface area contributed by atoms with Crippen LogP contribution in [0.25, 0.3) is 0 Å². The molecule has 1 aromatic carbocycles. The molecule has 2 aromatic rings. The van der Waals surface area contributed by atoms with Gasteiger partial charge in [0.2, 0.25) is 0 Å². The number of benzene rings is 1. The summed E-state index contributed by atoms with van der Waals surface area (Å²) in [5.74, 6) is 0.209. The number of hydrogen-bond acceptors (Lipinski definition) is 4. The fourth-order valence-electron chi connectivity index (χ4n) is 1.82. The third-order valence-corrected chi connectivity index (χ3v) is 4.49. The molecule has 0 saturated carbocycles. The van der Waals surface area contributed by atoms with E-state index in [0.29, 0.717) is 5.76 Å². The van der Waals surface area contributed by atoms with Gasteiger partial charge < -0.3 is 9.73 Å². The van der Waals surface area contributed by atoms with Gasteiger partial charge in [0.15, 0.2) is 9.84 Å². The molecule has 1 aromatic heterocycles. The molecule has 0 fully saturated rings. The van der Waals surface area contributed by atoms with Crippen molar-refractivity contribution in [3.8, 4) is 0 Å². The maximum absolute atomic E-state index is 12.2. The van der Waals surface area contributed by atoms with Crippen molar-refractivity contribution in [1.82, 2.24) is 5.32 Å². The smallest absolute Gasteiger partial charge is 0.251 e. The van der Waals surface area contributed by atoms with E-state index in [1.807, 2.05) is 0 Å². The normalized spacial score (nSPS) is 12.9. The van der Waals surface area contributed by atoms with Gasteiger partial charge >= 0.3 is 0 Å². The third-order valence-electron chi connectivity index (χ3n) is 2.91. The number of nitrogens with one attached hydrogen (secondary N) is 1. The summed E-state index contributed by atoms with van der Waals surface area (Å²) >= 11 is 5.85. The van der Waals surface area contributed by atoms with Gasteiger partial charge in [-0.25, -0.2) is 8.42 Å². The molecule has 0 saturated heterocycles. The van der Waals surface area contributed by atoms with Crippen LogP contribution in [-0.2, 0) is 9.84 Å². The lowest BCUT2D eigenvalue weighted by molar-refractivity contribution is 0.0935. The number of carbonyl (C=O) groups excluding carboxylic acids is 1. The quantitative estimate of drug-likeness (QED) is 0.936. The van der Waals surface area contributed by atoms with Gasteiger partial charge in [-0.15, -0.1) is 0 Å². The van der Waals surface area contributed by atoms with Crippen LogP contribution in [0.15, 0.2) is 45.9 Å². The molecule has 2 rings (SSSR count). The highest BCUT2D eigenvalue weighted by atomic mass is 35.5. The number of sulfone groups is 1. The van der Waals surface area contributed by atoms with Gasteiger partial charge in [-0.2, -0.15) is 0 Å². The Balaban J connectivity index is 2.24. The first kappa shape index (κ1) is 15.6. The van der Waals surface area contributed by atoms with Crippen LogP contribution in [0.3, 0.4) is 0 Å². The zero-order valence-electron chi connectivity index (χ0n) is 11.5. The minimum absolute atomic E-state index is 0.0672. The van der Waals surface area contributed by atoms with E-state index in [2.05, 4.69) is 5.32 Å². The second-order valence-electron chi connectivity index (χ2n) is 4.63. The SMILES string of the molecule is C[C@H](NC(=O)c1ccc(Cl)c(S(C)(=O)=O)c1)c1ccco1.